The first-order valence-corrected chi connectivity index (χ1v) is 10.3. The maximum Gasteiger partial charge on any atom is 0.253 e. The van der Waals surface area contributed by atoms with E-state index in [4.69, 9.17) is 14.5 Å². The SMILES string of the molecule is COc1ccc(C(=O)N2C[C@H]3CCn4c(-c5cccc(OC)c5)cnc4[C@H]3C2)cc1. The monoisotopic (exact) mass is 403 g/mol. The molecule has 30 heavy (non-hydrogen) atoms. The van der Waals surface area contributed by atoms with Crippen LogP contribution in [0.25, 0.3) is 11.3 Å². The Morgan fingerprint density at radius 2 is 1.83 bits per heavy atom. The third-order valence-electron chi connectivity index (χ3n) is 6.37. The summed E-state index contributed by atoms with van der Waals surface area (Å²) in [5, 5.41) is 0. The van der Waals surface area contributed by atoms with Crippen LogP contribution in [0.1, 0.15) is 28.5 Å². The zero-order chi connectivity index (χ0) is 20.7. The molecule has 6 nitrogen and oxygen atoms in total. The van der Waals surface area contributed by atoms with Crippen LogP contribution >= 0.6 is 0 Å². The molecular weight excluding hydrogens is 378 g/mol. The number of imidazole rings is 1. The molecule has 5 rings (SSSR count). The molecule has 0 spiro atoms. The number of nitrogens with zero attached hydrogens (tertiary/aromatic N) is 3. The standard InChI is InChI=1S/C24H25N3O3/c1-29-19-8-6-16(7-9-19)24(28)26-14-18-10-11-27-22(13-25-23(27)21(18)15-26)17-4-3-5-20(12-17)30-2/h3-9,12-13,18,21H,10-11,14-15H2,1-2H3/t18-,21+/m1/s1. The summed E-state index contributed by atoms with van der Waals surface area (Å²) in [7, 11) is 3.31. The molecule has 1 fully saturated rings. The Morgan fingerprint density at radius 3 is 2.60 bits per heavy atom. The van der Waals surface area contributed by atoms with E-state index < -0.39 is 0 Å². The van der Waals surface area contributed by atoms with Gasteiger partial charge < -0.3 is 18.9 Å². The first-order chi connectivity index (χ1) is 14.7. The molecule has 0 radical (unpaired) electrons. The van der Waals surface area contributed by atoms with E-state index in [2.05, 4.69) is 10.6 Å². The topological polar surface area (TPSA) is 56.6 Å². The van der Waals surface area contributed by atoms with E-state index in [0.29, 0.717) is 18.0 Å². The molecule has 3 heterocycles. The van der Waals surface area contributed by atoms with Crippen LogP contribution in [0.15, 0.2) is 54.7 Å². The number of ether oxygens (including phenoxy) is 2. The number of rotatable bonds is 4. The Morgan fingerprint density at radius 1 is 1.03 bits per heavy atom. The molecule has 0 unspecified atom stereocenters. The Labute approximate surface area is 176 Å². The Kier molecular flexibility index (Phi) is 4.69. The number of aromatic nitrogens is 2. The van der Waals surface area contributed by atoms with E-state index in [-0.39, 0.29) is 11.8 Å². The van der Waals surface area contributed by atoms with E-state index in [9.17, 15) is 4.79 Å². The van der Waals surface area contributed by atoms with Crippen LogP contribution in [0.3, 0.4) is 0 Å². The number of carbonyl (C=O) groups is 1. The first-order valence-electron chi connectivity index (χ1n) is 10.3. The minimum Gasteiger partial charge on any atom is -0.497 e. The molecule has 2 aliphatic rings. The molecule has 1 amide bonds. The predicted octanol–water partition coefficient (Wildman–Crippen LogP) is 3.83. The van der Waals surface area contributed by atoms with Crippen LogP contribution in [0.4, 0.5) is 0 Å². The van der Waals surface area contributed by atoms with Gasteiger partial charge in [-0.25, -0.2) is 4.98 Å². The zero-order valence-corrected chi connectivity index (χ0v) is 17.2. The van der Waals surface area contributed by atoms with Crippen LogP contribution < -0.4 is 9.47 Å². The van der Waals surface area contributed by atoms with Gasteiger partial charge >= 0.3 is 0 Å². The lowest BCUT2D eigenvalue weighted by Gasteiger charge is -2.26. The van der Waals surface area contributed by atoms with Gasteiger partial charge in [0.1, 0.15) is 17.3 Å². The molecule has 1 saturated heterocycles. The molecular formula is C24H25N3O3. The minimum absolute atomic E-state index is 0.0816. The van der Waals surface area contributed by atoms with Gasteiger partial charge in [-0.05, 0) is 48.7 Å². The molecule has 0 bridgehead atoms. The van der Waals surface area contributed by atoms with Crippen molar-refractivity contribution < 1.29 is 14.3 Å². The van der Waals surface area contributed by atoms with Crippen molar-refractivity contribution in [2.45, 2.75) is 18.9 Å². The largest absolute Gasteiger partial charge is 0.497 e. The number of carbonyl (C=O) groups excluding carboxylic acids is 1. The summed E-state index contributed by atoms with van der Waals surface area (Å²) in [5.41, 5.74) is 2.92. The van der Waals surface area contributed by atoms with Crippen molar-refractivity contribution in [2.75, 3.05) is 27.3 Å². The van der Waals surface area contributed by atoms with Crippen molar-refractivity contribution in [1.82, 2.24) is 14.5 Å². The van der Waals surface area contributed by atoms with Crippen LogP contribution in [0.2, 0.25) is 0 Å². The summed E-state index contributed by atoms with van der Waals surface area (Å²) in [6, 6.07) is 15.4. The molecule has 154 valence electrons. The van der Waals surface area contributed by atoms with Crippen molar-refractivity contribution in [3.05, 3.63) is 66.1 Å². The quantitative estimate of drug-likeness (QED) is 0.664. The van der Waals surface area contributed by atoms with Gasteiger partial charge in [-0.2, -0.15) is 0 Å². The normalized spacial score (nSPS) is 19.9. The summed E-state index contributed by atoms with van der Waals surface area (Å²) >= 11 is 0. The lowest BCUT2D eigenvalue weighted by Crippen LogP contribution is -2.28. The van der Waals surface area contributed by atoms with Gasteiger partial charge in [0.15, 0.2) is 0 Å². The molecule has 0 aliphatic carbocycles. The summed E-state index contributed by atoms with van der Waals surface area (Å²) in [6.45, 7) is 2.43. The number of amides is 1. The van der Waals surface area contributed by atoms with Crippen molar-refractivity contribution >= 4 is 5.91 Å². The lowest BCUT2D eigenvalue weighted by molar-refractivity contribution is 0.0785. The van der Waals surface area contributed by atoms with Gasteiger partial charge in [0.2, 0.25) is 0 Å². The van der Waals surface area contributed by atoms with Crippen LogP contribution in [0, 0.1) is 5.92 Å². The highest BCUT2D eigenvalue weighted by atomic mass is 16.5. The van der Waals surface area contributed by atoms with Gasteiger partial charge in [-0.1, -0.05) is 12.1 Å². The molecule has 2 aliphatic heterocycles. The minimum atomic E-state index is 0.0816. The third kappa shape index (κ3) is 3.12. The average molecular weight is 403 g/mol. The Hall–Kier alpha value is -3.28. The fourth-order valence-electron chi connectivity index (χ4n) is 4.77. The second kappa shape index (κ2) is 7.52. The highest BCUT2D eigenvalue weighted by Gasteiger charge is 2.41. The molecule has 1 aromatic heterocycles. The zero-order valence-electron chi connectivity index (χ0n) is 17.2. The Bertz CT molecular complexity index is 1070. The first kappa shape index (κ1) is 18.7. The van der Waals surface area contributed by atoms with Crippen molar-refractivity contribution in [1.29, 1.82) is 0 Å². The van der Waals surface area contributed by atoms with E-state index in [0.717, 1.165) is 48.1 Å². The maximum atomic E-state index is 13.0. The van der Waals surface area contributed by atoms with E-state index in [1.807, 2.05) is 53.6 Å². The van der Waals surface area contributed by atoms with Crippen molar-refractivity contribution in [2.24, 2.45) is 5.92 Å². The molecule has 0 N–H and O–H groups in total. The highest BCUT2D eigenvalue weighted by Crippen LogP contribution is 2.41. The number of methoxy groups -OCH3 is 2. The van der Waals surface area contributed by atoms with E-state index >= 15 is 0 Å². The summed E-state index contributed by atoms with van der Waals surface area (Å²) < 4.78 is 12.9. The number of hydrogen-bond acceptors (Lipinski definition) is 4. The van der Waals surface area contributed by atoms with Gasteiger partial charge in [-0.3, -0.25) is 4.79 Å². The fraction of sp³-hybridized carbons (Fsp3) is 0.333. The number of hydrogen-bond donors (Lipinski definition) is 0. The summed E-state index contributed by atoms with van der Waals surface area (Å²) in [4.78, 5) is 19.8. The summed E-state index contributed by atoms with van der Waals surface area (Å²) in [5.74, 6) is 3.51. The smallest absolute Gasteiger partial charge is 0.253 e. The Balaban J connectivity index is 1.39. The van der Waals surface area contributed by atoms with Crippen molar-refractivity contribution in [3.63, 3.8) is 0 Å². The van der Waals surface area contributed by atoms with Gasteiger partial charge in [-0.15, -0.1) is 0 Å². The number of fused-ring (bicyclic) bond motifs is 3. The second-order valence-corrected chi connectivity index (χ2v) is 7.98. The number of likely N-dealkylation sites (tertiary alicyclic amines) is 1. The van der Waals surface area contributed by atoms with E-state index in [1.165, 1.54) is 0 Å². The molecule has 2 atom stereocenters. The van der Waals surface area contributed by atoms with Gasteiger partial charge in [0, 0.05) is 36.7 Å². The van der Waals surface area contributed by atoms with E-state index in [1.54, 1.807) is 14.2 Å². The van der Waals surface area contributed by atoms with Gasteiger partial charge in [0.05, 0.1) is 26.1 Å². The predicted molar refractivity (Wildman–Crippen MR) is 114 cm³/mol. The average Bonchev–Trinajstić information content (AvgIpc) is 3.42. The lowest BCUT2D eigenvalue weighted by atomic mass is 9.89. The maximum absolute atomic E-state index is 13.0. The fourth-order valence-corrected chi connectivity index (χ4v) is 4.77. The van der Waals surface area contributed by atoms with Crippen LogP contribution in [0.5, 0.6) is 11.5 Å². The molecule has 6 heteroatoms. The number of benzene rings is 2. The van der Waals surface area contributed by atoms with Gasteiger partial charge in [0.25, 0.3) is 5.91 Å². The third-order valence-corrected chi connectivity index (χ3v) is 6.37. The second-order valence-electron chi connectivity index (χ2n) is 7.98. The molecule has 2 aromatic carbocycles. The molecule has 3 aromatic rings. The summed E-state index contributed by atoms with van der Waals surface area (Å²) in [6.07, 6.45) is 3.01. The highest BCUT2D eigenvalue weighted by molar-refractivity contribution is 5.94. The van der Waals surface area contributed by atoms with Crippen LogP contribution in [-0.2, 0) is 6.54 Å². The van der Waals surface area contributed by atoms with Crippen LogP contribution in [-0.4, -0.2) is 47.7 Å². The van der Waals surface area contributed by atoms with Crippen molar-refractivity contribution in [3.8, 4) is 22.8 Å². The molecule has 0 saturated carbocycles.